The molecule has 0 amide bonds. The van der Waals surface area contributed by atoms with Gasteiger partial charge in [0.2, 0.25) is 0 Å². The van der Waals surface area contributed by atoms with Crippen LogP contribution in [-0.2, 0) is 0 Å². The van der Waals surface area contributed by atoms with Crippen LogP contribution in [0, 0.1) is 41.5 Å². The summed E-state index contributed by atoms with van der Waals surface area (Å²) >= 11 is 0. The Kier molecular flexibility index (Phi) is 4.79. The zero-order valence-corrected chi connectivity index (χ0v) is 16.5. The molecular formula is C23H27P. The molecule has 1 aliphatic carbocycles. The Morgan fingerprint density at radius 2 is 1.00 bits per heavy atom. The fraction of sp³-hybridized carbons (Fsp3) is 0.304. The highest BCUT2D eigenvalue weighted by atomic mass is 31.1. The molecular weight excluding hydrogens is 307 g/mol. The number of benzene rings is 2. The van der Waals surface area contributed by atoms with Gasteiger partial charge >= 0.3 is 0 Å². The smallest absolute Gasteiger partial charge is 0.0237 e. The minimum Gasteiger partial charge on any atom is -0.0727 e. The minimum atomic E-state index is -0.424. The molecule has 0 nitrogen and oxygen atoms in total. The highest BCUT2D eigenvalue weighted by Crippen LogP contribution is 2.45. The van der Waals surface area contributed by atoms with Crippen LogP contribution < -0.4 is 10.6 Å². The van der Waals surface area contributed by atoms with Gasteiger partial charge in [-0.05, 0) is 93.5 Å². The number of hydrogen-bond donors (Lipinski definition) is 0. The van der Waals surface area contributed by atoms with Crippen molar-refractivity contribution < 1.29 is 0 Å². The molecule has 0 fully saturated rings. The van der Waals surface area contributed by atoms with Gasteiger partial charge in [0.15, 0.2) is 0 Å². The molecule has 0 bridgehead atoms. The molecule has 124 valence electrons. The van der Waals surface area contributed by atoms with Crippen LogP contribution in [0.15, 0.2) is 48.6 Å². The second-order valence-electron chi connectivity index (χ2n) is 6.93. The highest BCUT2D eigenvalue weighted by molar-refractivity contribution is 7.74. The first-order chi connectivity index (χ1) is 11.4. The number of hydrogen-bond acceptors (Lipinski definition) is 0. The van der Waals surface area contributed by atoms with Crippen LogP contribution in [0.5, 0.6) is 0 Å². The van der Waals surface area contributed by atoms with E-state index in [4.69, 9.17) is 0 Å². The summed E-state index contributed by atoms with van der Waals surface area (Å²) in [5.74, 6) is 0. The molecule has 0 aliphatic heterocycles. The predicted octanol–water partition coefficient (Wildman–Crippen LogP) is 5.46. The van der Waals surface area contributed by atoms with E-state index in [0.29, 0.717) is 5.66 Å². The molecule has 24 heavy (non-hydrogen) atoms. The van der Waals surface area contributed by atoms with Crippen LogP contribution >= 0.6 is 7.92 Å². The van der Waals surface area contributed by atoms with Crippen molar-refractivity contribution >= 4 is 18.5 Å². The molecule has 0 unspecified atom stereocenters. The number of allylic oxidation sites excluding steroid dienone is 4. The van der Waals surface area contributed by atoms with Crippen molar-refractivity contribution in [2.24, 2.45) is 0 Å². The third-order valence-electron chi connectivity index (χ3n) is 5.60. The molecule has 0 atom stereocenters. The summed E-state index contributed by atoms with van der Waals surface area (Å²) in [4.78, 5) is 0. The van der Waals surface area contributed by atoms with Gasteiger partial charge in [0.05, 0.1) is 0 Å². The van der Waals surface area contributed by atoms with E-state index < -0.39 is 7.92 Å². The molecule has 2 aromatic rings. The van der Waals surface area contributed by atoms with Crippen LogP contribution in [-0.4, -0.2) is 5.66 Å². The topological polar surface area (TPSA) is 0 Å². The van der Waals surface area contributed by atoms with E-state index in [1.807, 2.05) is 0 Å². The van der Waals surface area contributed by atoms with Crippen LogP contribution in [0.2, 0.25) is 0 Å². The molecule has 0 heterocycles. The molecule has 0 N–H and O–H groups in total. The average molecular weight is 334 g/mol. The van der Waals surface area contributed by atoms with Crippen LogP contribution in [0.3, 0.4) is 0 Å². The summed E-state index contributed by atoms with van der Waals surface area (Å²) < 4.78 is 0. The van der Waals surface area contributed by atoms with E-state index in [0.717, 1.165) is 0 Å². The van der Waals surface area contributed by atoms with E-state index >= 15 is 0 Å². The maximum atomic E-state index is 2.37. The summed E-state index contributed by atoms with van der Waals surface area (Å²) in [5.41, 5.74) is 9.09. The molecule has 0 radical (unpaired) electrons. The van der Waals surface area contributed by atoms with Crippen LogP contribution in [0.4, 0.5) is 0 Å². The lowest BCUT2D eigenvalue weighted by atomic mass is 10.0. The summed E-state index contributed by atoms with van der Waals surface area (Å²) in [7, 11) is -0.424. The second-order valence-corrected chi connectivity index (χ2v) is 9.23. The van der Waals surface area contributed by atoms with Crippen molar-refractivity contribution in [1.82, 2.24) is 0 Å². The summed E-state index contributed by atoms with van der Waals surface area (Å²) in [6.45, 7) is 13.5. The molecule has 3 rings (SSSR count). The third kappa shape index (κ3) is 2.89. The number of rotatable bonds is 3. The number of aryl methyl sites for hydroxylation is 2. The van der Waals surface area contributed by atoms with Gasteiger partial charge in [0.1, 0.15) is 0 Å². The van der Waals surface area contributed by atoms with Gasteiger partial charge in [-0.3, -0.25) is 0 Å². The van der Waals surface area contributed by atoms with Crippen molar-refractivity contribution in [1.29, 1.82) is 0 Å². The summed E-state index contributed by atoms with van der Waals surface area (Å²) in [6, 6.07) is 9.34. The zero-order chi connectivity index (χ0) is 17.4. The Morgan fingerprint density at radius 1 is 0.583 bits per heavy atom. The SMILES string of the molecule is Cc1ccc(P(c2ccc(C)c(C)c2C)C2C=CC=C2)c(C)c1C. The lowest BCUT2D eigenvalue weighted by Crippen LogP contribution is -2.24. The van der Waals surface area contributed by atoms with Gasteiger partial charge in [0, 0.05) is 5.66 Å². The Balaban J connectivity index is 2.23. The monoisotopic (exact) mass is 334 g/mol. The van der Waals surface area contributed by atoms with Gasteiger partial charge in [-0.1, -0.05) is 48.6 Å². The van der Waals surface area contributed by atoms with Crippen molar-refractivity contribution in [3.05, 3.63) is 82.0 Å². The van der Waals surface area contributed by atoms with Gasteiger partial charge in [0.25, 0.3) is 0 Å². The fourth-order valence-electron chi connectivity index (χ4n) is 3.45. The first kappa shape index (κ1) is 17.2. The van der Waals surface area contributed by atoms with E-state index in [9.17, 15) is 0 Å². The summed E-state index contributed by atoms with van der Waals surface area (Å²) in [6.07, 6.45) is 9.14. The van der Waals surface area contributed by atoms with Gasteiger partial charge < -0.3 is 0 Å². The normalized spacial score (nSPS) is 14.1. The highest BCUT2D eigenvalue weighted by Gasteiger charge is 2.26. The molecule has 0 spiro atoms. The fourth-order valence-corrected chi connectivity index (χ4v) is 6.42. The van der Waals surface area contributed by atoms with Crippen LogP contribution in [0.25, 0.3) is 0 Å². The van der Waals surface area contributed by atoms with Gasteiger partial charge in [-0.15, -0.1) is 0 Å². The van der Waals surface area contributed by atoms with Crippen LogP contribution in [0.1, 0.15) is 33.4 Å². The maximum Gasteiger partial charge on any atom is 0.0237 e. The molecule has 2 aromatic carbocycles. The van der Waals surface area contributed by atoms with E-state index in [2.05, 4.69) is 90.1 Å². The summed E-state index contributed by atoms with van der Waals surface area (Å²) in [5, 5.41) is 3.06. The van der Waals surface area contributed by atoms with E-state index in [-0.39, 0.29) is 0 Å². The van der Waals surface area contributed by atoms with Crippen molar-refractivity contribution in [2.75, 3.05) is 0 Å². The third-order valence-corrected chi connectivity index (χ3v) is 8.55. The predicted molar refractivity (Wildman–Crippen MR) is 110 cm³/mol. The van der Waals surface area contributed by atoms with Gasteiger partial charge in [-0.25, -0.2) is 0 Å². The van der Waals surface area contributed by atoms with Crippen molar-refractivity contribution in [3.8, 4) is 0 Å². The minimum absolute atomic E-state index is 0.424. The first-order valence-electron chi connectivity index (χ1n) is 8.69. The molecule has 0 saturated carbocycles. The molecule has 1 aliphatic rings. The van der Waals surface area contributed by atoms with E-state index in [1.54, 1.807) is 0 Å². The lowest BCUT2D eigenvalue weighted by Gasteiger charge is -2.28. The Morgan fingerprint density at radius 3 is 1.42 bits per heavy atom. The van der Waals surface area contributed by atoms with Gasteiger partial charge in [-0.2, -0.15) is 0 Å². The Bertz CT molecular complexity index is 770. The largest absolute Gasteiger partial charge is 0.0727 e. The Labute approximate surface area is 148 Å². The Hall–Kier alpha value is -1.65. The average Bonchev–Trinajstić information content (AvgIpc) is 3.09. The molecule has 1 heteroatoms. The van der Waals surface area contributed by atoms with Crippen molar-refractivity contribution in [3.63, 3.8) is 0 Å². The lowest BCUT2D eigenvalue weighted by molar-refractivity contribution is 1.27. The zero-order valence-electron chi connectivity index (χ0n) is 15.6. The molecule has 0 saturated heterocycles. The first-order valence-corrected chi connectivity index (χ1v) is 10.1. The standard InChI is InChI=1S/C23H27P/c1-15-11-13-22(19(5)17(15)3)24(21-9-7-8-10-21)23-14-12-16(2)18(4)20(23)6/h7-14,21H,1-6H3. The maximum absolute atomic E-state index is 2.37. The molecule has 0 aromatic heterocycles. The quantitative estimate of drug-likeness (QED) is 0.653. The van der Waals surface area contributed by atoms with E-state index in [1.165, 1.54) is 44.0 Å². The second kappa shape index (κ2) is 6.69. The van der Waals surface area contributed by atoms with Crippen molar-refractivity contribution in [2.45, 2.75) is 47.2 Å².